The number of benzene rings is 4. The van der Waals surface area contributed by atoms with E-state index in [9.17, 15) is 4.79 Å². The zero-order chi connectivity index (χ0) is 21.0. The fraction of sp³-hybridized carbons (Fsp3) is 0.0370. The van der Waals surface area contributed by atoms with Gasteiger partial charge >= 0.3 is 5.97 Å². The second-order valence-corrected chi connectivity index (χ2v) is 7.21. The highest BCUT2D eigenvalue weighted by molar-refractivity contribution is 6.13. The summed E-state index contributed by atoms with van der Waals surface area (Å²) in [4.78, 5) is 16.9. The Morgan fingerprint density at radius 2 is 1.55 bits per heavy atom. The lowest BCUT2D eigenvalue weighted by atomic mass is 10.1. The van der Waals surface area contributed by atoms with Gasteiger partial charge in [0.25, 0.3) is 0 Å². The predicted octanol–water partition coefficient (Wildman–Crippen LogP) is 5.76. The average molecular weight is 405 g/mol. The normalized spacial score (nSPS) is 14.5. The summed E-state index contributed by atoms with van der Waals surface area (Å²) in [5, 5.41) is 2.19. The molecule has 1 heterocycles. The SMILES string of the molecule is O=C1OC(c2ccc3ccccc3c2)=N/C1=C\c1ccccc1OCc1ccccc1. The summed E-state index contributed by atoms with van der Waals surface area (Å²) in [6.07, 6.45) is 1.71. The van der Waals surface area contributed by atoms with Crippen LogP contribution in [0.3, 0.4) is 0 Å². The van der Waals surface area contributed by atoms with Crippen LogP contribution in [0.5, 0.6) is 5.75 Å². The molecule has 0 saturated heterocycles. The van der Waals surface area contributed by atoms with Gasteiger partial charge < -0.3 is 9.47 Å². The molecule has 0 unspecified atom stereocenters. The molecular weight excluding hydrogens is 386 g/mol. The van der Waals surface area contributed by atoms with Gasteiger partial charge in [0.2, 0.25) is 5.90 Å². The summed E-state index contributed by atoms with van der Waals surface area (Å²) in [5.74, 6) is 0.520. The van der Waals surface area contributed by atoms with Crippen LogP contribution in [-0.2, 0) is 16.1 Å². The Balaban J connectivity index is 1.42. The van der Waals surface area contributed by atoms with Gasteiger partial charge in [0.15, 0.2) is 5.70 Å². The number of para-hydroxylation sites is 1. The number of fused-ring (bicyclic) bond motifs is 1. The molecule has 0 saturated carbocycles. The minimum atomic E-state index is -0.471. The summed E-state index contributed by atoms with van der Waals surface area (Å²) >= 11 is 0. The molecule has 0 radical (unpaired) electrons. The van der Waals surface area contributed by atoms with Gasteiger partial charge in [-0.2, -0.15) is 0 Å². The van der Waals surface area contributed by atoms with Crippen LogP contribution in [0.4, 0.5) is 0 Å². The van der Waals surface area contributed by atoms with Crippen LogP contribution < -0.4 is 4.74 Å². The topological polar surface area (TPSA) is 47.9 Å². The summed E-state index contributed by atoms with van der Waals surface area (Å²) in [5.41, 5.74) is 2.86. The number of hydrogen-bond donors (Lipinski definition) is 0. The molecule has 0 atom stereocenters. The number of carbonyl (C=O) groups is 1. The van der Waals surface area contributed by atoms with E-state index in [0.717, 1.165) is 27.5 Å². The van der Waals surface area contributed by atoms with Crippen molar-refractivity contribution < 1.29 is 14.3 Å². The van der Waals surface area contributed by atoms with E-state index in [1.165, 1.54) is 0 Å². The highest BCUT2D eigenvalue weighted by Gasteiger charge is 2.24. The smallest absolute Gasteiger partial charge is 0.363 e. The first-order valence-corrected chi connectivity index (χ1v) is 10.0. The quantitative estimate of drug-likeness (QED) is 0.313. The van der Waals surface area contributed by atoms with E-state index in [1.54, 1.807) is 6.08 Å². The van der Waals surface area contributed by atoms with Crippen LogP contribution in [-0.4, -0.2) is 11.9 Å². The first-order valence-electron chi connectivity index (χ1n) is 10.0. The molecule has 1 aliphatic heterocycles. The predicted molar refractivity (Wildman–Crippen MR) is 122 cm³/mol. The number of carbonyl (C=O) groups excluding carboxylic acids is 1. The van der Waals surface area contributed by atoms with Crippen LogP contribution in [0.15, 0.2) is 108 Å². The average Bonchev–Trinajstić information content (AvgIpc) is 3.19. The van der Waals surface area contributed by atoms with Gasteiger partial charge in [-0.15, -0.1) is 0 Å². The molecule has 0 aromatic heterocycles. The number of cyclic esters (lactones) is 1. The van der Waals surface area contributed by atoms with E-state index in [2.05, 4.69) is 4.99 Å². The molecule has 0 N–H and O–H groups in total. The molecule has 0 amide bonds. The van der Waals surface area contributed by atoms with Crippen molar-refractivity contribution in [3.05, 3.63) is 119 Å². The molecule has 0 bridgehead atoms. The van der Waals surface area contributed by atoms with Crippen molar-refractivity contribution in [2.24, 2.45) is 4.99 Å². The maximum atomic E-state index is 12.5. The van der Waals surface area contributed by atoms with E-state index in [4.69, 9.17) is 9.47 Å². The molecule has 5 rings (SSSR count). The maximum absolute atomic E-state index is 12.5. The van der Waals surface area contributed by atoms with E-state index < -0.39 is 5.97 Å². The number of nitrogens with zero attached hydrogens (tertiary/aromatic N) is 1. The molecule has 0 spiro atoms. The van der Waals surface area contributed by atoms with Crippen LogP contribution in [0, 0.1) is 0 Å². The molecule has 0 aliphatic carbocycles. The fourth-order valence-electron chi connectivity index (χ4n) is 3.47. The zero-order valence-corrected chi connectivity index (χ0v) is 16.7. The molecule has 150 valence electrons. The molecular formula is C27H19NO3. The number of aliphatic imine (C=N–C) groups is 1. The van der Waals surface area contributed by atoms with Crippen molar-refractivity contribution in [2.75, 3.05) is 0 Å². The summed E-state index contributed by atoms with van der Waals surface area (Å²) in [6, 6.07) is 31.4. The van der Waals surface area contributed by atoms with Gasteiger partial charge in [-0.1, -0.05) is 78.9 Å². The Labute approximate surface area is 180 Å². The van der Waals surface area contributed by atoms with Crippen molar-refractivity contribution in [1.29, 1.82) is 0 Å². The first kappa shape index (κ1) is 18.8. The molecule has 0 fully saturated rings. The Bertz CT molecular complexity index is 1320. The number of ether oxygens (including phenoxy) is 2. The van der Waals surface area contributed by atoms with Crippen LogP contribution in [0.1, 0.15) is 16.7 Å². The highest BCUT2D eigenvalue weighted by Crippen LogP contribution is 2.26. The molecule has 4 aromatic carbocycles. The second kappa shape index (κ2) is 8.28. The van der Waals surface area contributed by atoms with Crippen LogP contribution >= 0.6 is 0 Å². The van der Waals surface area contributed by atoms with E-state index in [1.807, 2.05) is 97.1 Å². The summed E-state index contributed by atoms with van der Waals surface area (Å²) in [7, 11) is 0. The largest absolute Gasteiger partial charge is 0.488 e. The lowest BCUT2D eigenvalue weighted by Crippen LogP contribution is -2.05. The minimum absolute atomic E-state index is 0.249. The third kappa shape index (κ3) is 4.09. The lowest BCUT2D eigenvalue weighted by Gasteiger charge is -2.09. The number of hydrogen-bond acceptors (Lipinski definition) is 4. The number of esters is 1. The standard InChI is InChI=1S/C27H19NO3/c29-27-24(28-26(31-27)23-15-14-20-10-4-5-11-21(20)16-23)17-22-12-6-7-13-25(22)30-18-19-8-2-1-3-9-19/h1-17H,18H2/b24-17-. The second-order valence-electron chi connectivity index (χ2n) is 7.21. The van der Waals surface area contributed by atoms with Gasteiger partial charge in [-0.05, 0) is 40.6 Å². The van der Waals surface area contributed by atoms with Crippen molar-refractivity contribution in [2.45, 2.75) is 6.61 Å². The van der Waals surface area contributed by atoms with Crippen molar-refractivity contribution in [3.8, 4) is 5.75 Å². The lowest BCUT2D eigenvalue weighted by molar-refractivity contribution is -0.129. The summed E-state index contributed by atoms with van der Waals surface area (Å²) in [6.45, 7) is 0.442. The molecule has 4 heteroatoms. The Morgan fingerprint density at radius 3 is 2.42 bits per heavy atom. The maximum Gasteiger partial charge on any atom is 0.363 e. The third-order valence-corrected chi connectivity index (χ3v) is 5.07. The summed E-state index contributed by atoms with van der Waals surface area (Å²) < 4.78 is 11.4. The third-order valence-electron chi connectivity index (χ3n) is 5.07. The van der Waals surface area contributed by atoms with Gasteiger partial charge in [-0.25, -0.2) is 9.79 Å². The first-order chi connectivity index (χ1) is 15.3. The minimum Gasteiger partial charge on any atom is -0.488 e. The van der Waals surface area contributed by atoms with Crippen LogP contribution in [0.25, 0.3) is 16.8 Å². The number of rotatable bonds is 5. The van der Waals surface area contributed by atoms with Crippen molar-refractivity contribution in [3.63, 3.8) is 0 Å². The van der Waals surface area contributed by atoms with Crippen molar-refractivity contribution >= 4 is 28.7 Å². The Morgan fingerprint density at radius 1 is 0.806 bits per heavy atom. The highest BCUT2D eigenvalue weighted by atomic mass is 16.6. The molecule has 4 nitrogen and oxygen atoms in total. The Hall–Kier alpha value is -4.18. The van der Waals surface area contributed by atoms with Crippen molar-refractivity contribution in [1.82, 2.24) is 0 Å². The fourth-order valence-corrected chi connectivity index (χ4v) is 3.47. The van der Waals surface area contributed by atoms with E-state index >= 15 is 0 Å². The molecule has 1 aliphatic rings. The monoisotopic (exact) mass is 405 g/mol. The van der Waals surface area contributed by atoms with Gasteiger partial charge in [0.05, 0.1) is 0 Å². The zero-order valence-electron chi connectivity index (χ0n) is 16.7. The Kier molecular flexibility index (Phi) is 5.03. The van der Waals surface area contributed by atoms with Crippen LogP contribution in [0.2, 0.25) is 0 Å². The van der Waals surface area contributed by atoms with Gasteiger partial charge in [-0.3, -0.25) is 0 Å². The van der Waals surface area contributed by atoms with Gasteiger partial charge in [0.1, 0.15) is 12.4 Å². The molecule has 31 heavy (non-hydrogen) atoms. The van der Waals surface area contributed by atoms with E-state index in [0.29, 0.717) is 18.3 Å². The molecule has 4 aromatic rings. The van der Waals surface area contributed by atoms with E-state index in [-0.39, 0.29) is 5.70 Å². The van der Waals surface area contributed by atoms with Gasteiger partial charge in [0, 0.05) is 11.1 Å².